The second-order valence-electron chi connectivity index (χ2n) is 4.57. The molecule has 0 aromatic carbocycles. The van der Waals surface area contributed by atoms with Gasteiger partial charge >= 0.3 is 0 Å². The van der Waals surface area contributed by atoms with Crippen LogP contribution in [-0.4, -0.2) is 20.3 Å². The Morgan fingerprint density at radius 3 is 1.72 bits per heavy atom. The summed E-state index contributed by atoms with van der Waals surface area (Å²) in [6.07, 6.45) is 7.25. The highest BCUT2D eigenvalue weighted by molar-refractivity contribution is 7.87. The predicted molar refractivity (Wildman–Crippen MR) is 77.6 cm³/mol. The smallest absolute Gasteiger partial charge is 0.270 e. The molecule has 0 bridgehead atoms. The lowest BCUT2D eigenvalue weighted by Crippen LogP contribution is -2.24. The Morgan fingerprint density at radius 1 is 0.889 bits per heavy atom. The lowest BCUT2D eigenvalue weighted by molar-refractivity contribution is 0.301. The highest BCUT2D eigenvalue weighted by Crippen LogP contribution is 2.19. The molecule has 0 radical (unpaired) electrons. The maximum atomic E-state index is 12.0. The zero-order valence-corrected chi connectivity index (χ0v) is 13.1. The quantitative estimate of drug-likeness (QED) is 0.458. The lowest BCUT2D eigenvalue weighted by atomic mass is 10.1. The van der Waals surface area contributed by atoms with Crippen molar-refractivity contribution in [3.63, 3.8) is 0 Å². The summed E-state index contributed by atoms with van der Waals surface area (Å²) in [5.74, 6) is 0. The van der Waals surface area contributed by atoms with Gasteiger partial charge < -0.3 is 6.15 Å². The lowest BCUT2D eigenvalue weighted by Gasteiger charge is -2.16. The van der Waals surface area contributed by atoms with E-state index in [-0.39, 0.29) is 11.4 Å². The van der Waals surface area contributed by atoms with Gasteiger partial charge in [0, 0.05) is 0 Å². The largest absolute Gasteiger partial charge is 0.344 e. The topological polar surface area (TPSA) is 78.4 Å². The minimum Gasteiger partial charge on any atom is -0.344 e. The van der Waals surface area contributed by atoms with Gasteiger partial charge in [-0.25, -0.2) is 0 Å². The van der Waals surface area contributed by atoms with E-state index in [1.165, 1.54) is 0 Å². The molecule has 0 spiro atoms. The molecule has 4 nitrogen and oxygen atoms in total. The van der Waals surface area contributed by atoms with Crippen molar-refractivity contribution >= 4 is 10.1 Å². The number of unbranched alkanes of at least 4 members (excludes halogenated alkanes) is 3. The van der Waals surface area contributed by atoms with Crippen LogP contribution in [0, 0.1) is 0 Å². The second kappa shape index (κ2) is 11.9. The van der Waals surface area contributed by atoms with Crippen molar-refractivity contribution in [3.8, 4) is 0 Å². The van der Waals surface area contributed by atoms with Gasteiger partial charge in [-0.05, 0) is 19.3 Å². The van der Waals surface area contributed by atoms with Gasteiger partial charge in [0.1, 0.15) is 0 Å². The summed E-state index contributed by atoms with van der Waals surface area (Å²) in [5.41, 5.74) is 0. The third-order valence-electron chi connectivity index (χ3n) is 2.91. The Hall–Kier alpha value is -0.130. The van der Waals surface area contributed by atoms with E-state index in [9.17, 15) is 8.42 Å². The fourth-order valence-electron chi connectivity index (χ4n) is 1.71. The van der Waals surface area contributed by atoms with Gasteiger partial charge in [0.05, 0.1) is 11.9 Å². The van der Waals surface area contributed by atoms with E-state index in [1.807, 2.05) is 6.92 Å². The number of hydrogen-bond donors (Lipinski definition) is 1. The zero-order valence-electron chi connectivity index (χ0n) is 12.3. The molecular formula is C13H31NO3S. The van der Waals surface area contributed by atoms with E-state index < -0.39 is 10.1 Å². The summed E-state index contributed by atoms with van der Waals surface area (Å²) < 4.78 is 29.1. The minimum atomic E-state index is -3.34. The van der Waals surface area contributed by atoms with Gasteiger partial charge in [-0.2, -0.15) is 8.42 Å². The molecule has 0 rings (SSSR count). The zero-order chi connectivity index (χ0) is 13.1. The summed E-state index contributed by atoms with van der Waals surface area (Å²) in [7, 11) is -3.34. The van der Waals surface area contributed by atoms with Crippen molar-refractivity contribution in [3.05, 3.63) is 0 Å². The summed E-state index contributed by atoms with van der Waals surface area (Å²) >= 11 is 0. The number of hydrogen-bond acceptors (Lipinski definition) is 4. The Balaban J connectivity index is 0. The standard InChI is InChI=1S/C13H28O3S.H3N/c1-4-7-10-13(11-8-5-2)17(14,15)16-12-9-6-3;/h13H,4-12H2,1-3H3;1H3. The fraction of sp³-hybridized carbons (Fsp3) is 1.00. The van der Waals surface area contributed by atoms with Crippen LogP contribution in [0.3, 0.4) is 0 Å². The van der Waals surface area contributed by atoms with E-state index in [2.05, 4.69) is 13.8 Å². The van der Waals surface area contributed by atoms with Gasteiger partial charge in [-0.1, -0.05) is 52.9 Å². The van der Waals surface area contributed by atoms with Crippen LogP contribution in [0.4, 0.5) is 0 Å². The first kappa shape index (κ1) is 20.2. The molecule has 0 atom stereocenters. The van der Waals surface area contributed by atoms with Crippen LogP contribution in [-0.2, 0) is 14.3 Å². The molecule has 3 N–H and O–H groups in total. The maximum Gasteiger partial charge on any atom is 0.270 e. The Bertz CT molecular complexity index is 257. The van der Waals surface area contributed by atoms with Crippen LogP contribution in [0.5, 0.6) is 0 Å². The first-order valence-corrected chi connectivity index (χ1v) is 8.43. The molecule has 5 heteroatoms. The van der Waals surface area contributed by atoms with E-state index in [4.69, 9.17) is 4.18 Å². The molecule has 18 heavy (non-hydrogen) atoms. The third kappa shape index (κ3) is 8.89. The predicted octanol–water partition coefficient (Wildman–Crippen LogP) is 4.04. The maximum absolute atomic E-state index is 12.0. The van der Waals surface area contributed by atoms with Gasteiger partial charge in [0.2, 0.25) is 0 Å². The molecule has 0 aliphatic rings. The first-order valence-electron chi connectivity index (χ1n) is 6.96. The van der Waals surface area contributed by atoms with Crippen LogP contribution in [0.25, 0.3) is 0 Å². The molecule has 0 aromatic rings. The highest BCUT2D eigenvalue weighted by atomic mass is 32.2. The van der Waals surface area contributed by atoms with Gasteiger partial charge in [-0.15, -0.1) is 0 Å². The summed E-state index contributed by atoms with van der Waals surface area (Å²) in [4.78, 5) is 0. The van der Waals surface area contributed by atoms with Crippen LogP contribution in [0.1, 0.15) is 72.1 Å². The molecule has 0 unspecified atom stereocenters. The summed E-state index contributed by atoms with van der Waals surface area (Å²) in [5, 5.41) is -0.292. The average molecular weight is 281 g/mol. The van der Waals surface area contributed by atoms with E-state index in [0.717, 1.165) is 51.4 Å². The summed E-state index contributed by atoms with van der Waals surface area (Å²) in [6.45, 7) is 6.54. The Labute approximate surface area is 113 Å². The van der Waals surface area contributed by atoms with Crippen molar-refractivity contribution < 1.29 is 12.6 Å². The molecule has 0 aliphatic carbocycles. The van der Waals surface area contributed by atoms with E-state index in [0.29, 0.717) is 6.61 Å². The van der Waals surface area contributed by atoms with Crippen LogP contribution in [0.2, 0.25) is 0 Å². The molecule has 0 heterocycles. The van der Waals surface area contributed by atoms with Crippen molar-refractivity contribution in [2.75, 3.05) is 6.61 Å². The normalized spacial score (nSPS) is 11.6. The fourth-order valence-corrected chi connectivity index (χ4v) is 3.17. The molecular weight excluding hydrogens is 250 g/mol. The summed E-state index contributed by atoms with van der Waals surface area (Å²) in [6, 6.07) is 0. The molecule has 0 fully saturated rings. The van der Waals surface area contributed by atoms with Gasteiger partial charge in [0.25, 0.3) is 10.1 Å². The van der Waals surface area contributed by atoms with Crippen molar-refractivity contribution in [2.24, 2.45) is 0 Å². The molecule has 0 aromatic heterocycles. The molecule has 0 saturated carbocycles. The first-order chi connectivity index (χ1) is 8.08. The van der Waals surface area contributed by atoms with Crippen molar-refractivity contribution in [1.82, 2.24) is 6.15 Å². The van der Waals surface area contributed by atoms with E-state index in [1.54, 1.807) is 0 Å². The molecule has 0 amide bonds. The average Bonchev–Trinajstić information content (AvgIpc) is 2.29. The van der Waals surface area contributed by atoms with Crippen molar-refractivity contribution in [2.45, 2.75) is 77.4 Å². The van der Waals surface area contributed by atoms with Crippen LogP contribution < -0.4 is 6.15 Å². The monoisotopic (exact) mass is 281 g/mol. The van der Waals surface area contributed by atoms with E-state index >= 15 is 0 Å². The van der Waals surface area contributed by atoms with Crippen LogP contribution in [0.15, 0.2) is 0 Å². The Morgan fingerprint density at radius 2 is 1.33 bits per heavy atom. The minimum absolute atomic E-state index is 0. The molecule has 0 aliphatic heterocycles. The Kier molecular flexibility index (Phi) is 13.4. The number of rotatable bonds is 11. The molecule has 112 valence electrons. The third-order valence-corrected chi connectivity index (χ3v) is 4.70. The van der Waals surface area contributed by atoms with Gasteiger partial charge in [0.15, 0.2) is 0 Å². The highest BCUT2D eigenvalue weighted by Gasteiger charge is 2.24. The van der Waals surface area contributed by atoms with Gasteiger partial charge in [-0.3, -0.25) is 4.18 Å². The molecule has 0 saturated heterocycles. The van der Waals surface area contributed by atoms with Crippen LogP contribution >= 0.6 is 0 Å². The second-order valence-corrected chi connectivity index (χ2v) is 6.46. The van der Waals surface area contributed by atoms with Crippen molar-refractivity contribution in [1.29, 1.82) is 0 Å². The SMILES string of the molecule is CCCCOS(=O)(=O)C(CCCC)CCCC.N.